The molecule has 0 heterocycles. The average molecular weight is 322 g/mol. The lowest BCUT2D eigenvalue weighted by atomic mass is 10.2. The maximum absolute atomic E-state index is 11.6. The van der Waals surface area contributed by atoms with Crippen LogP contribution in [0.25, 0.3) is 0 Å². The molecule has 0 aromatic heterocycles. The molecule has 1 aromatic carbocycles. The van der Waals surface area contributed by atoms with E-state index in [9.17, 15) is 14.4 Å². The Morgan fingerprint density at radius 3 is 2.43 bits per heavy atom. The lowest BCUT2D eigenvalue weighted by Gasteiger charge is -2.12. The van der Waals surface area contributed by atoms with Gasteiger partial charge in [0, 0.05) is 6.54 Å². The normalized spacial score (nSPS) is 11.2. The number of carbonyl (C=O) groups excluding carboxylic acids is 3. The molecule has 1 aromatic rings. The summed E-state index contributed by atoms with van der Waals surface area (Å²) in [4.78, 5) is 34.4. The summed E-state index contributed by atoms with van der Waals surface area (Å²) in [6, 6.07) is 9.21. The van der Waals surface area contributed by atoms with Crippen molar-refractivity contribution in [1.29, 1.82) is 0 Å². The first-order valence-corrected chi connectivity index (χ1v) is 7.40. The van der Waals surface area contributed by atoms with E-state index in [0.29, 0.717) is 6.61 Å². The number of carbonyl (C=O) groups is 3. The topological polar surface area (TPSA) is 93.7 Å². The van der Waals surface area contributed by atoms with Gasteiger partial charge in [-0.3, -0.25) is 9.59 Å². The summed E-state index contributed by atoms with van der Waals surface area (Å²) in [7, 11) is 0. The molecule has 2 N–H and O–H groups in total. The predicted octanol–water partition coefficient (Wildman–Crippen LogP) is 1.23. The molecule has 0 aliphatic carbocycles. The van der Waals surface area contributed by atoms with Crippen LogP contribution >= 0.6 is 0 Å². The van der Waals surface area contributed by atoms with E-state index in [1.807, 2.05) is 30.3 Å². The second-order valence-electron chi connectivity index (χ2n) is 4.87. The van der Waals surface area contributed by atoms with Gasteiger partial charge in [-0.05, 0) is 12.5 Å². The zero-order valence-electron chi connectivity index (χ0n) is 13.3. The third kappa shape index (κ3) is 7.85. The van der Waals surface area contributed by atoms with Crippen molar-refractivity contribution in [3.8, 4) is 0 Å². The number of hydrogen-bond donors (Lipinski definition) is 2. The predicted molar refractivity (Wildman–Crippen MR) is 83.4 cm³/mol. The first-order chi connectivity index (χ1) is 11.0. The second kappa shape index (κ2) is 10.2. The Kier molecular flexibility index (Phi) is 8.20. The molecule has 126 valence electrons. The van der Waals surface area contributed by atoms with Crippen LogP contribution in [0.15, 0.2) is 30.3 Å². The highest BCUT2D eigenvalue weighted by Gasteiger charge is 2.15. The molecule has 2 amide bonds. The Bertz CT molecular complexity index is 518. The summed E-state index contributed by atoms with van der Waals surface area (Å²) in [6.07, 6.45) is -0.678. The van der Waals surface area contributed by atoms with Crippen LogP contribution in [0.3, 0.4) is 0 Å². The lowest BCUT2D eigenvalue weighted by Crippen LogP contribution is -2.40. The quantitative estimate of drug-likeness (QED) is 0.702. The lowest BCUT2D eigenvalue weighted by molar-refractivity contribution is -0.147. The van der Waals surface area contributed by atoms with Crippen molar-refractivity contribution >= 4 is 18.0 Å². The van der Waals surface area contributed by atoms with Gasteiger partial charge in [-0.15, -0.1) is 0 Å². The molecule has 1 rings (SSSR count). The summed E-state index contributed by atoms with van der Waals surface area (Å²) in [6.45, 7) is 3.73. The molecule has 0 bridgehead atoms. The Balaban J connectivity index is 2.17. The van der Waals surface area contributed by atoms with Crippen LogP contribution in [0.4, 0.5) is 4.79 Å². The summed E-state index contributed by atoms with van der Waals surface area (Å²) in [5.74, 6) is -1.22. The van der Waals surface area contributed by atoms with E-state index in [1.54, 1.807) is 13.8 Å². The SMILES string of the molecule is CCOC(=O)[C@H](C)CNC(=O)CNC(=O)OCc1ccccc1. The number of rotatable bonds is 8. The monoisotopic (exact) mass is 322 g/mol. The standard InChI is InChI=1S/C16H22N2O5/c1-3-22-15(20)12(2)9-17-14(19)10-18-16(21)23-11-13-7-5-4-6-8-13/h4-8,12H,3,9-11H2,1-2H3,(H,17,19)(H,18,21)/t12-/m1/s1. The van der Waals surface area contributed by atoms with Crippen LogP contribution in [0.1, 0.15) is 19.4 Å². The van der Waals surface area contributed by atoms with Crippen molar-refractivity contribution in [3.63, 3.8) is 0 Å². The molecule has 0 fully saturated rings. The van der Waals surface area contributed by atoms with Gasteiger partial charge in [0.25, 0.3) is 0 Å². The number of amides is 2. The van der Waals surface area contributed by atoms with Gasteiger partial charge in [0.15, 0.2) is 0 Å². The van der Waals surface area contributed by atoms with Gasteiger partial charge in [-0.1, -0.05) is 37.3 Å². The molecule has 0 unspecified atom stereocenters. The fourth-order valence-corrected chi connectivity index (χ4v) is 1.62. The fraction of sp³-hybridized carbons (Fsp3) is 0.438. The second-order valence-corrected chi connectivity index (χ2v) is 4.87. The molecule has 0 aliphatic heterocycles. The molecule has 0 saturated carbocycles. The van der Waals surface area contributed by atoms with Crippen molar-refractivity contribution in [2.75, 3.05) is 19.7 Å². The van der Waals surface area contributed by atoms with Gasteiger partial charge in [0.2, 0.25) is 5.91 Å². The van der Waals surface area contributed by atoms with Crippen LogP contribution in [0, 0.1) is 5.92 Å². The maximum Gasteiger partial charge on any atom is 0.407 e. The smallest absolute Gasteiger partial charge is 0.407 e. The molecule has 0 spiro atoms. The number of esters is 1. The molecule has 23 heavy (non-hydrogen) atoms. The van der Waals surface area contributed by atoms with Gasteiger partial charge in [0.1, 0.15) is 6.61 Å². The van der Waals surface area contributed by atoms with Gasteiger partial charge >= 0.3 is 12.1 Å². The minimum Gasteiger partial charge on any atom is -0.466 e. The van der Waals surface area contributed by atoms with Crippen LogP contribution in [0.2, 0.25) is 0 Å². The first kappa shape index (κ1) is 18.5. The fourth-order valence-electron chi connectivity index (χ4n) is 1.62. The molecule has 7 nitrogen and oxygen atoms in total. The molecular weight excluding hydrogens is 300 g/mol. The van der Waals surface area contributed by atoms with Crippen molar-refractivity contribution in [1.82, 2.24) is 10.6 Å². The van der Waals surface area contributed by atoms with Gasteiger partial charge in [-0.25, -0.2) is 4.79 Å². The van der Waals surface area contributed by atoms with E-state index < -0.39 is 17.9 Å². The Labute approximate surface area is 135 Å². The molecule has 0 radical (unpaired) electrons. The zero-order chi connectivity index (χ0) is 17.1. The molecule has 0 aliphatic rings. The average Bonchev–Trinajstić information content (AvgIpc) is 2.57. The van der Waals surface area contributed by atoms with Crippen molar-refractivity contribution < 1.29 is 23.9 Å². The minimum absolute atomic E-state index is 0.133. The summed E-state index contributed by atoms with van der Waals surface area (Å²) in [5, 5.41) is 4.88. The number of nitrogens with one attached hydrogen (secondary N) is 2. The summed E-state index contributed by atoms with van der Waals surface area (Å²) in [5.41, 5.74) is 0.857. The zero-order valence-corrected chi connectivity index (χ0v) is 13.3. The Morgan fingerprint density at radius 2 is 1.78 bits per heavy atom. The van der Waals surface area contributed by atoms with Crippen molar-refractivity contribution in [2.24, 2.45) is 5.92 Å². The first-order valence-electron chi connectivity index (χ1n) is 7.40. The van der Waals surface area contributed by atoms with Crippen LogP contribution in [-0.4, -0.2) is 37.7 Å². The highest BCUT2D eigenvalue weighted by atomic mass is 16.5. The van der Waals surface area contributed by atoms with E-state index in [2.05, 4.69) is 10.6 Å². The molecule has 0 saturated heterocycles. The maximum atomic E-state index is 11.6. The van der Waals surface area contributed by atoms with E-state index in [4.69, 9.17) is 9.47 Å². The van der Waals surface area contributed by atoms with Crippen LogP contribution in [0.5, 0.6) is 0 Å². The molecule has 1 atom stereocenters. The summed E-state index contributed by atoms with van der Waals surface area (Å²) >= 11 is 0. The molecular formula is C16H22N2O5. The number of alkyl carbamates (subject to hydrolysis) is 1. The Morgan fingerprint density at radius 1 is 1.09 bits per heavy atom. The number of ether oxygens (including phenoxy) is 2. The highest BCUT2D eigenvalue weighted by Crippen LogP contribution is 2.00. The van der Waals surface area contributed by atoms with Gasteiger partial charge in [-0.2, -0.15) is 0 Å². The van der Waals surface area contributed by atoms with Gasteiger partial charge in [0.05, 0.1) is 19.1 Å². The third-order valence-corrected chi connectivity index (χ3v) is 2.90. The van der Waals surface area contributed by atoms with Gasteiger partial charge < -0.3 is 20.1 Å². The minimum atomic E-state index is -0.678. The molecule has 7 heteroatoms. The van der Waals surface area contributed by atoms with E-state index >= 15 is 0 Å². The highest BCUT2D eigenvalue weighted by molar-refractivity contribution is 5.82. The van der Waals surface area contributed by atoms with Crippen LogP contribution < -0.4 is 10.6 Å². The number of hydrogen-bond acceptors (Lipinski definition) is 5. The largest absolute Gasteiger partial charge is 0.466 e. The third-order valence-electron chi connectivity index (χ3n) is 2.90. The van der Waals surface area contributed by atoms with E-state index in [1.165, 1.54) is 0 Å². The van der Waals surface area contributed by atoms with E-state index in [-0.39, 0.29) is 25.7 Å². The van der Waals surface area contributed by atoms with Crippen molar-refractivity contribution in [3.05, 3.63) is 35.9 Å². The van der Waals surface area contributed by atoms with Crippen molar-refractivity contribution in [2.45, 2.75) is 20.5 Å². The Hall–Kier alpha value is -2.57. The summed E-state index contributed by atoms with van der Waals surface area (Å²) < 4.78 is 9.80. The van der Waals surface area contributed by atoms with E-state index in [0.717, 1.165) is 5.56 Å². The van der Waals surface area contributed by atoms with Crippen LogP contribution in [-0.2, 0) is 25.7 Å². The number of benzene rings is 1.